The van der Waals surface area contributed by atoms with E-state index in [9.17, 15) is 0 Å². The second-order valence-corrected chi connectivity index (χ2v) is 5.96. The number of hydrogen-bond acceptors (Lipinski definition) is 1. The molecule has 2 heteroatoms. The van der Waals surface area contributed by atoms with Crippen LogP contribution in [0.2, 0.25) is 0 Å². The van der Waals surface area contributed by atoms with Crippen molar-refractivity contribution in [1.29, 1.82) is 0 Å². The van der Waals surface area contributed by atoms with Gasteiger partial charge in [-0.25, -0.2) is 0 Å². The van der Waals surface area contributed by atoms with Crippen LogP contribution in [0.3, 0.4) is 0 Å². The van der Waals surface area contributed by atoms with Crippen LogP contribution in [0.15, 0.2) is 28.7 Å². The van der Waals surface area contributed by atoms with Crippen molar-refractivity contribution in [2.24, 2.45) is 5.92 Å². The van der Waals surface area contributed by atoms with Crippen molar-refractivity contribution in [2.45, 2.75) is 52.0 Å². The van der Waals surface area contributed by atoms with Crippen molar-refractivity contribution in [3.63, 3.8) is 0 Å². The summed E-state index contributed by atoms with van der Waals surface area (Å²) in [6.07, 6.45) is 6.54. The molecule has 1 aromatic rings. The van der Waals surface area contributed by atoms with Crippen molar-refractivity contribution < 1.29 is 0 Å². The average Bonchev–Trinajstić information content (AvgIpc) is 2.39. The molecule has 0 saturated heterocycles. The van der Waals surface area contributed by atoms with Gasteiger partial charge in [0.15, 0.2) is 0 Å². The largest absolute Gasteiger partial charge is 0.313 e. The molecule has 0 spiro atoms. The standard InChI is InChI=1S/C16H26BrN/c1-4-6-8-13(5-2)11-16(18-3)14-9-7-10-15(17)12-14/h7,9-10,12-13,16,18H,4-6,8,11H2,1-3H3. The van der Waals surface area contributed by atoms with Gasteiger partial charge in [-0.05, 0) is 37.1 Å². The Bertz CT molecular complexity index is 338. The lowest BCUT2D eigenvalue weighted by Crippen LogP contribution is -2.20. The number of halogens is 1. The summed E-state index contributed by atoms with van der Waals surface area (Å²) in [5.74, 6) is 0.835. The van der Waals surface area contributed by atoms with Crippen LogP contribution >= 0.6 is 15.9 Å². The number of unbranched alkanes of at least 4 members (excludes halogenated alkanes) is 1. The van der Waals surface area contributed by atoms with E-state index in [0.29, 0.717) is 6.04 Å². The maximum Gasteiger partial charge on any atom is 0.0320 e. The summed E-state index contributed by atoms with van der Waals surface area (Å²) in [6, 6.07) is 9.14. The van der Waals surface area contributed by atoms with Gasteiger partial charge in [-0.15, -0.1) is 0 Å². The number of benzene rings is 1. The Balaban J connectivity index is 2.65. The molecule has 0 bridgehead atoms. The van der Waals surface area contributed by atoms with E-state index >= 15 is 0 Å². The SMILES string of the molecule is CCCCC(CC)CC(NC)c1cccc(Br)c1. The van der Waals surface area contributed by atoms with Gasteiger partial charge in [0, 0.05) is 10.5 Å². The summed E-state index contributed by atoms with van der Waals surface area (Å²) >= 11 is 3.56. The molecule has 1 rings (SSSR count). The molecule has 0 amide bonds. The minimum atomic E-state index is 0.476. The van der Waals surface area contributed by atoms with Gasteiger partial charge in [-0.2, -0.15) is 0 Å². The maximum atomic E-state index is 3.56. The molecule has 0 aliphatic carbocycles. The first-order chi connectivity index (χ1) is 8.71. The third-order valence-electron chi connectivity index (χ3n) is 3.71. The van der Waals surface area contributed by atoms with Crippen LogP contribution in [-0.4, -0.2) is 7.05 Å². The smallest absolute Gasteiger partial charge is 0.0320 e. The molecule has 0 radical (unpaired) electrons. The Morgan fingerprint density at radius 2 is 2.06 bits per heavy atom. The zero-order valence-electron chi connectivity index (χ0n) is 11.9. The van der Waals surface area contributed by atoms with Crippen molar-refractivity contribution in [1.82, 2.24) is 5.32 Å². The highest BCUT2D eigenvalue weighted by Gasteiger charge is 2.15. The van der Waals surface area contributed by atoms with Crippen LogP contribution in [0.25, 0.3) is 0 Å². The van der Waals surface area contributed by atoms with Crippen LogP contribution in [0.5, 0.6) is 0 Å². The Morgan fingerprint density at radius 3 is 2.61 bits per heavy atom. The molecule has 1 aromatic carbocycles. The highest BCUT2D eigenvalue weighted by atomic mass is 79.9. The molecule has 2 unspecified atom stereocenters. The molecule has 0 aliphatic rings. The fraction of sp³-hybridized carbons (Fsp3) is 0.625. The first-order valence-electron chi connectivity index (χ1n) is 7.13. The van der Waals surface area contributed by atoms with E-state index in [1.54, 1.807) is 0 Å². The van der Waals surface area contributed by atoms with E-state index in [-0.39, 0.29) is 0 Å². The van der Waals surface area contributed by atoms with Gasteiger partial charge >= 0.3 is 0 Å². The van der Waals surface area contributed by atoms with E-state index < -0.39 is 0 Å². The Morgan fingerprint density at radius 1 is 1.28 bits per heavy atom. The van der Waals surface area contributed by atoms with Crippen LogP contribution in [-0.2, 0) is 0 Å². The number of nitrogens with one attached hydrogen (secondary N) is 1. The molecule has 0 heterocycles. The number of hydrogen-bond donors (Lipinski definition) is 1. The highest BCUT2D eigenvalue weighted by Crippen LogP contribution is 2.27. The van der Waals surface area contributed by atoms with Crippen LogP contribution in [0.4, 0.5) is 0 Å². The normalized spacial score (nSPS) is 14.4. The first-order valence-corrected chi connectivity index (χ1v) is 7.93. The summed E-state index contributed by atoms with van der Waals surface area (Å²) in [6.45, 7) is 4.59. The van der Waals surface area contributed by atoms with E-state index in [0.717, 1.165) is 5.92 Å². The fourth-order valence-corrected chi connectivity index (χ4v) is 2.88. The molecular formula is C16H26BrN. The Hall–Kier alpha value is -0.340. The second kappa shape index (κ2) is 8.71. The van der Waals surface area contributed by atoms with Crippen molar-refractivity contribution >= 4 is 15.9 Å². The molecule has 1 nitrogen and oxygen atoms in total. The monoisotopic (exact) mass is 311 g/mol. The average molecular weight is 312 g/mol. The maximum absolute atomic E-state index is 3.56. The lowest BCUT2D eigenvalue weighted by atomic mass is 9.89. The minimum absolute atomic E-state index is 0.476. The van der Waals surface area contributed by atoms with Gasteiger partial charge in [0.05, 0.1) is 0 Å². The van der Waals surface area contributed by atoms with Gasteiger partial charge in [0.2, 0.25) is 0 Å². The van der Waals surface area contributed by atoms with Gasteiger partial charge in [0.1, 0.15) is 0 Å². The minimum Gasteiger partial charge on any atom is -0.313 e. The second-order valence-electron chi connectivity index (χ2n) is 5.05. The molecule has 0 saturated carbocycles. The van der Waals surface area contributed by atoms with E-state index in [4.69, 9.17) is 0 Å². The summed E-state index contributed by atoms with van der Waals surface area (Å²) in [4.78, 5) is 0. The molecule has 2 atom stereocenters. The number of rotatable bonds is 8. The zero-order valence-corrected chi connectivity index (χ0v) is 13.5. The predicted octanol–water partition coefficient (Wildman–Crippen LogP) is 5.32. The predicted molar refractivity (Wildman–Crippen MR) is 83.9 cm³/mol. The molecule has 1 N–H and O–H groups in total. The molecule has 0 aromatic heterocycles. The van der Waals surface area contributed by atoms with Crippen LogP contribution < -0.4 is 5.32 Å². The summed E-state index contributed by atoms with van der Waals surface area (Å²) in [7, 11) is 2.07. The molecule has 18 heavy (non-hydrogen) atoms. The Kier molecular flexibility index (Phi) is 7.60. The lowest BCUT2D eigenvalue weighted by molar-refractivity contribution is 0.365. The van der Waals surface area contributed by atoms with Crippen molar-refractivity contribution in [3.8, 4) is 0 Å². The lowest BCUT2D eigenvalue weighted by Gasteiger charge is -2.23. The van der Waals surface area contributed by atoms with Crippen molar-refractivity contribution in [2.75, 3.05) is 7.05 Å². The topological polar surface area (TPSA) is 12.0 Å². The zero-order chi connectivity index (χ0) is 13.4. The van der Waals surface area contributed by atoms with Crippen LogP contribution in [0.1, 0.15) is 57.6 Å². The highest BCUT2D eigenvalue weighted by molar-refractivity contribution is 9.10. The van der Waals surface area contributed by atoms with E-state index in [1.807, 2.05) is 0 Å². The Labute approximate surface area is 120 Å². The summed E-state index contributed by atoms with van der Waals surface area (Å²) in [5.41, 5.74) is 1.39. The van der Waals surface area contributed by atoms with E-state index in [1.165, 1.54) is 42.1 Å². The quantitative estimate of drug-likeness (QED) is 0.685. The molecule has 0 aliphatic heterocycles. The van der Waals surface area contributed by atoms with Crippen molar-refractivity contribution in [3.05, 3.63) is 34.3 Å². The van der Waals surface area contributed by atoms with Gasteiger partial charge in [-0.1, -0.05) is 67.6 Å². The molecular weight excluding hydrogens is 286 g/mol. The summed E-state index contributed by atoms with van der Waals surface area (Å²) < 4.78 is 1.17. The van der Waals surface area contributed by atoms with Gasteiger partial charge in [-0.3, -0.25) is 0 Å². The molecule has 102 valence electrons. The summed E-state index contributed by atoms with van der Waals surface area (Å²) in [5, 5.41) is 3.47. The van der Waals surface area contributed by atoms with E-state index in [2.05, 4.69) is 66.4 Å². The molecule has 0 fully saturated rings. The van der Waals surface area contributed by atoms with Gasteiger partial charge in [0.25, 0.3) is 0 Å². The third kappa shape index (κ3) is 5.11. The van der Waals surface area contributed by atoms with Gasteiger partial charge < -0.3 is 5.32 Å². The first kappa shape index (κ1) is 15.7. The van der Waals surface area contributed by atoms with Crippen LogP contribution in [0, 0.1) is 5.92 Å². The fourth-order valence-electron chi connectivity index (χ4n) is 2.46. The third-order valence-corrected chi connectivity index (χ3v) is 4.21.